The van der Waals surface area contributed by atoms with Gasteiger partial charge < -0.3 is 11.5 Å². The zero-order valence-corrected chi connectivity index (χ0v) is 8.34. The lowest BCUT2D eigenvalue weighted by molar-refractivity contribution is 1.13. The number of nitrogens with two attached hydrogens (primary N) is 2. The number of rotatable bonds is 3. The number of aromatic nitrogens is 1. The molecule has 0 atom stereocenters. The average molecular weight is 206 g/mol. The molecule has 0 aliphatic heterocycles. The molecule has 1 aromatic rings. The zero-order valence-electron chi connectivity index (χ0n) is 7.53. The minimum atomic E-state index is 0.327. The molecule has 4 N–H and O–H groups in total. The second-order valence-electron chi connectivity index (χ2n) is 2.53. The highest BCUT2D eigenvalue weighted by Gasteiger charge is 2.08. The Morgan fingerprint density at radius 2 is 2.36 bits per heavy atom. The Kier molecular flexibility index (Phi) is 3.37. The maximum atomic E-state index is 8.84. The lowest BCUT2D eigenvalue weighted by atomic mass is 10.2. The van der Waals surface area contributed by atoms with Crippen LogP contribution in [0.1, 0.15) is 5.56 Å². The van der Waals surface area contributed by atoms with Crippen LogP contribution in [0.15, 0.2) is 23.7 Å². The molecule has 0 fully saturated rings. The van der Waals surface area contributed by atoms with Gasteiger partial charge in [0.25, 0.3) is 0 Å². The smallest absolute Gasteiger partial charge is 0.126 e. The summed E-state index contributed by atoms with van der Waals surface area (Å²) in [6.45, 7) is 3.58. The van der Waals surface area contributed by atoms with E-state index in [1.54, 1.807) is 6.08 Å². The van der Waals surface area contributed by atoms with E-state index in [0.29, 0.717) is 27.8 Å². The summed E-state index contributed by atoms with van der Waals surface area (Å²) in [5.74, 6) is 0.998. The Labute approximate surface area is 86.6 Å². The molecule has 0 unspecified atom stereocenters. The van der Waals surface area contributed by atoms with Crippen molar-refractivity contribution >= 4 is 23.3 Å². The molecule has 0 saturated carbocycles. The minimum absolute atomic E-state index is 0.327. The van der Waals surface area contributed by atoms with Crippen molar-refractivity contribution in [3.63, 3.8) is 0 Å². The van der Waals surface area contributed by atoms with E-state index in [1.807, 2.05) is 6.07 Å². The SMILES string of the molecule is C=CCSc1nc(N)cc(N)c1C#N. The first-order valence-corrected chi connectivity index (χ1v) is 4.87. The number of anilines is 2. The summed E-state index contributed by atoms with van der Waals surface area (Å²) in [5.41, 5.74) is 11.9. The van der Waals surface area contributed by atoms with E-state index in [0.717, 1.165) is 0 Å². The summed E-state index contributed by atoms with van der Waals surface area (Å²) in [5, 5.41) is 9.40. The number of thioether (sulfide) groups is 1. The van der Waals surface area contributed by atoms with Crippen molar-refractivity contribution < 1.29 is 0 Å². The largest absolute Gasteiger partial charge is 0.397 e. The van der Waals surface area contributed by atoms with Crippen molar-refractivity contribution in [3.05, 3.63) is 24.3 Å². The van der Waals surface area contributed by atoms with Crippen molar-refractivity contribution in [1.82, 2.24) is 4.98 Å². The fourth-order valence-electron chi connectivity index (χ4n) is 0.915. The Balaban J connectivity index is 3.12. The molecule has 0 spiro atoms. The fourth-order valence-corrected chi connectivity index (χ4v) is 1.67. The Morgan fingerprint density at radius 1 is 1.64 bits per heavy atom. The van der Waals surface area contributed by atoms with Crippen LogP contribution >= 0.6 is 11.8 Å². The summed E-state index contributed by atoms with van der Waals surface area (Å²) in [7, 11) is 0. The lowest BCUT2D eigenvalue weighted by Crippen LogP contribution is -2.00. The lowest BCUT2D eigenvalue weighted by Gasteiger charge is -2.04. The molecule has 72 valence electrons. The predicted molar refractivity (Wildman–Crippen MR) is 58.7 cm³/mol. The van der Waals surface area contributed by atoms with Gasteiger partial charge >= 0.3 is 0 Å². The van der Waals surface area contributed by atoms with Crippen LogP contribution in [-0.2, 0) is 0 Å². The molecule has 1 heterocycles. The van der Waals surface area contributed by atoms with Crippen LogP contribution in [0, 0.1) is 11.3 Å². The van der Waals surface area contributed by atoms with Crippen LogP contribution < -0.4 is 11.5 Å². The maximum absolute atomic E-state index is 8.84. The van der Waals surface area contributed by atoms with Gasteiger partial charge in [-0.2, -0.15) is 5.26 Å². The molecule has 0 bridgehead atoms. The third kappa shape index (κ3) is 2.18. The van der Waals surface area contributed by atoms with E-state index >= 15 is 0 Å². The first-order valence-electron chi connectivity index (χ1n) is 3.88. The standard InChI is InChI=1S/C9H10N4S/c1-2-3-14-9-6(5-10)7(11)4-8(12)13-9/h2,4H,1,3H2,(H4,11,12,13). The molecule has 1 aromatic heterocycles. The molecule has 0 saturated heterocycles. The maximum Gasteiger partial charge on any atom is 0.126 e. The van der Waals surface area contributed by atoms with E-state index in [2.05, 4.69) is 11.6 Å². The Morgan fingerprint density at radius 3 is 2.93 bits per heavy atom. The molecular weight excluding hydrogens is 196 g/mol. The first kappa shape index (κ1) is 10.4. The Hall–Kier alpha value is -1.67. The van der Waals surface area contributed by atoms with Crippen LogP contribution in [0.4, 0.5) is 11.5 Å². The van der Waals surface area contributed by atoms with Gasteiger partial charge in [0.05, 0.1) is 5.69 Å². The number of hydrogen-bond donors (Lipinski definition) is 2. The molecule has 1 rings (SSSR count). The molecule has 0 radical (unpaired) electrons. The molecule has 0 aliphatic rings. The van der Waals surface area contributed by atoms with Crippen molar-refractivity contribution in [2.75, 3.05) is 17.2 Å². The number of nitriles is 1. The third-order valence-corrected chi connectivity index (χ3v) is 2.46. The monoisotopic (exact) mass is 206 g/mol. The van der Waals surface area contributed by atoms with E-state index in [4.69, 9.17) is 16.7 Å². The van der Waals surface area contributed by atoms with Crippen LogP contribution in [-0.4, -0.2) is 10.7 Å². The third-order valence-electron chi connectivity index (χ3n) is 1.49. The molecule has 0 aliphatic carbocycles. The number of hydrogen-bond acceptors (Lipinski definition) is 5. The quantitative estimate of drug-likeness (QED) is 0.576. The zero-order chi connectivity index (χ0) is 10.6. The summed E-state index contributed by atoms with van der Waals surface area (Å²) in [6, 6.07) is 3.48. The van der Waals surface area contributed by atoms with Crippen molar-refractivity contribution in [3.8, 4) is 6.07 Å². The predicted octanol–water partition coefficient (Wildman–Crippen LogP) is 1.40. The van der Waals surface area contributed by atoms with Crippen LogP contribution in [0.5, 0.6) is 0 Å². The minimum Gasteiger partial charge on any atom is -0.397 e. The van der Waals surface area contributed by atoms with Gasteiger partial charge in [0.2, 0.25) is 0 Å². The average Bonchev–Trinajstić information content (AvgIpc) is 2.14. The second-order valence-corrected chi connectivity index (χ2v) is 3.54. The highest BCUT2D eigenvalue weighted by Crippen LogP contribution is 2.26. The van der Waals surface area contributed by atoms with Gasteiger partial charge in [-0.1, -0.05) is 6.08 Å². The van der Waals surface area contributed by atoms with E-state index < -0.39 is 0 Å². The van der Waals surface area contributed by atoms with Gasteiger partial charge in [-0.25, -0.2) is 4.98 Å². The van der Waals surface area contributed by atoms with E-state index in [-0.39, 0.29) is 0 Å². The normalized spacial score (nSPS) is 9.36. The molecular formula is C9H10N4S. The first-order chi connectivity index (χ1) is 6.69. The van der Waals surface area contributed by atoms with Gasteiger partial charge in [0, 0.05) is 11.8 Å². The van der Waals surface area contributed by atoms with Crippen molar-refractivity contribution in [1.29, 1.82) is 5.26 Å². The van der Waals surface area contributed by atoms with Crippen LogP contribution in [0.3, 0.4) is 0 Å². The Bertz CT molecular complexity index is 395. The van der Waals surface area contributed by atoms with Gasteiger partial charge in [-0.15, -0.1) is 18.3 Å². The molecule has 4 nitrogen and oxygen atoms in total. The summed E-state index contributed by atoms with van der Waals surface area (Å²) in [6.07, 6.45) is 1.73. The van der Waals surface area contributed by atoms with Gasteiger partial charge in [-0.3, -0.25) is 0 Å². The highest BCUT2D eigenvalue weighted by atomic mass is 32.2. The number of pyridine rings is 1. The van der Waals surface area contributed by atoms with Crippen LogP contribution in [0.25, 0.3) is 0 Å². The van der Waals surface area contributed by atoms with Gasteiger partial charge in [-0.05, 0) is 0 Å². The summed E-state index contributed by atoms with van der Waals surface area (Å²) in [4.78, 5) is 4.03. The fraction of sp³-hybridized carbons (Fsp3) is 0.111. The van der Waals surface area contributed by atoms with Gasteiger partial charge in [0.15, 0.2) is 0 Å². The van der Waals surface area contributed by atoms with Crippen molar-refractivity contribution in [2.45, 2.75) is 5.03 Å². The van der Waals surface area contributed by atoms with E-state index in [9.17, 15) is 0 Å². The van der Waals surface area contributed by atoms with Gasteiger partial charge in [0.1, 0.15) is 22.5 Å². The van der Waals surface area contributed by atoms with E-state index in [1.165, 1.54) is 17.8 Å². The molecule has 0 aromatic carbocycles. The molecule has 5 heteroatoms. The number of nitrogens with zero attached hydrogens (tertiary/aromatic N) is 2. The topological polar surface area (TPSA) is 88.7 Å². The van der Waals surface area contributed by atoms with Crippen molar-refractivity contribution in [2.24, 2.45) is 0 Å². The van der Waals surface area contributed by atoms with Crippen LogP contribution in [0.2, 0.25) is 0 Å². The summed E-state index contributed by atoms with van der Waals surface area (Å²) >= 11 is 1.39. The number of nitrogen functional groups attached to an aromatic ring is 2. The second kappa shape index (κ2) is 4.53. The summed E-state index contributed by atoms with van der Waals surface area (Å²) < 4.78 is 0. The molecule has 14 heavy (non-hydrogen) atoms. The highest BCUT2D eigenvalue weighted by molar-refractivity contribution is 7.99. The molecule has 0 amide bonds.